The third-order valence-electron chi connectivity index (χ3n) is 12.7. The number of anilines is 6. The Morgan fingerprint density at radius 2 is 0.500 bits per heavy atom. The second-order valence-electron chi connectivity index (χ2n) is 16.5. The molecule has 0 aliphatic heterocycles. The molecule has 0 aliphatic rings. The fraction of sp³-hybridized carbons (Fsp3) is 0. The summed E-state index contributed by atoms with van der Waals surface area (Å²) in [6.07, 6.45) is 0. The summed E-state index contributed by atoms with van der Waals surface area (Å²) in [5, 5.41) is 12.1. The standard InChI is InChI=1S/C62H42N2/c1-5-21-43(22-6-1)57-37-47-38-58(44-23-7-2-8-24-44)62(64(50-29-11-4-12-30-50)60-40-46-26-14-16-32-52(46)54-34-18-20-36-56(54)60)42-48(47)41-61(57)63(49-27-9-3-10-28-49)59-39-45-25-13-15-31-51(45)53-33-17-19-35-55(53)59/h1-42H. The lowest BCUT2D eigenvalue weighted by Gasteiger charge is -2.31. The van der Waals surface area contributed by atoms with Crippen LogP contribution in [0.15, 0.2) is 255 Å². The molecular weight excluding hydrogens is 773 g/mol. The number of fused-ring (bicyclic) bond motifs is 7. The average Bonchev–Trinajstić information content (AvgIpc) is 3.37. The summed E-state index contributed by atoms with van der Waals surface area (Å²) in [6, 6.07) is 93.0. The van der Waals surface area contributed by atoms with Gasteiger partial charge in [-0.2, -0.15) is 0 Å². The van der Waals surface area contributed by atoms with Gasteiger partial charge in [0.1, 0.15) is 0 Å². The average molecular weight is 815 g/mol. The lowest BCUT2D eigenvalue weighted by Crippen LogP contribution is -2.13. The summed E-state index contributed by atoms with van der Waals surface area (Å²) in [6.45, 7) is 0. The predicted octanol–water partition coefficient (Wildman–Crippen LogP) is 17.7. The van der Waals surface area contributed by atoms with Crippen molar-refractivity contribution >= 4 is 88.0 Å². The van der Waals surface area contributed by atoms with E-state index in [2.05, 4.69) is 265 Å². The SMILES string of the molecule is c1ccc(-c2cc3cc(-c4ccccc4)c(N(c4ccccc4)c4cc5ccccc5c5ccccc45)cc3cc2N(c2ccccc2)c2cc3ccccc3c3ccccc23)cc1. The van der Waals surface area contributed by atoms with Crippen LogP contribution in [0, 0.1) is 0 Å². The van der Waals surface area contributed by atoms with E-state index in [4.69, 9.17) is 0 Å². The Hall–Kier alpha value is -8.46. The van der Waals surface area contributed by atoms with E-state index in [-0.39, 0.29) is 0 Å². The second kappa shape index (κ2) is 15.8. The quantitative estimate of drug-likeness (QED) is 0.141. The van der Waals surface area contributed by atoms with E-state index in [0.717, 1.165) is 67.2 Å². The van der Waals surface area contributed by atoms with E-state index in [1.54, 1.807) is 0 Å². The highest BCUT2D eigenvalue weighted by Gasteiger charge is 2.25. The van der Waals surface area contributed by atoms with Gasteiger partial charge in [-0.1, -0.05) is 194 Å². The lowest BCUT2D eigenvalue weighted by atomic mass is 9.92. The molecule has 0 amide bonds. The summed E-state index contributed by atoms with van der Waals surface area (Å²) < 4.78 is 0. The van der Waals surface area contributed by atoms with Gasteiger partial charge in [-0.15, -0.1) is 0 Å². The highest BCUT2D eigenvalue weighted by Crippen LogP contribution is 2.50. The Balaban J connectivity index is 1.20. The fourth-order valence-electron chi connectivity index (χ4n) is 9.80. The number of rotatable bonds is 8. The first-order valence-corrected chi connectivity index (χ1v) is 22.0. The van der Waals surface area contributed by atoms with Gasteiger partial charge in [0.25, 0.3) is 0 Å². The highest BCUT2D eigenvalue weighted by molar-refractivity contribution is 6.17. The largest absolute Gasteiger partial charge is 0.309 e. The maximum Gasteiger partial charge on any atom is 0.0546 e. The van der Waals surface area contributed by atoms with Crippen molar-refractivity contribution < 1.29 is 0 Å². The highest BCUT2D eigenvalue weighted by atomic mass is 15.2. The van der Waals surface area contributed by atoms with Crippen LogP contribution in [0.3, 0.4) is 0 Å². The zero-order valence-corrected chi connectivity index (χ0v) is 35.1. The van der Waals surface area contributed by atoms with Crippen molar-refractivity contribution in [1.82, 2.24) is 0 Å². The zero-order valence-electron chi connectivity index (χ0n) is 35.1. The van der Waals surface area contributed by atoms with E-state index >= 15 is 0 Å². The van der Waals surface area contributed by atoms with E-state index < -0.39 is 0 Å². The third-order valence-corrected chi connectivity index (χ3v) is 12.7. The molecule has 64 heavy (non-hydrogen) atoms. The Labute approximate surface area is 373 Å². The summed E-state index contributed by atoms with van der Waals surface area (Å²) in [7, 11) is 0. The summed E-state index contributed by atoms with van der Waals surface area (Å²) in [5.41, 5.74) is 11.3. The number of benzene rings is 12. The van der Waals surface area contributed by atoms with Gasteiger partial charge in [-0.05, 0) is 115 Å². The van der Waals surface area contributed by atoms with E-state index in [9.17, 15) is 0 Å². The predicted molar refractivity (Wildman–Crippen MR) is 274 cm³/mol. The van der Waals surface area contributed by atoms with Crippen molar-refractivity contribution in [3.63, 3.8) is 0 Å². The minimum absolute atomic E-state index is 1.09. The Morgan fingerprint density at radius 1 is 0.203 bits per heavy atom. The van der Waals surface area contributed by atoms with Crippen molar-refractivity contribution in [2.45, 2.75) is 0 Å². The second-order valence-corrected chi connectivity index (χ2v) is 16.5. The molecule has 0 unspecified atom stereocenters. The topological polar surface area (TPSA) is 6.48 Å². The van der Waals surface area contributed by atoms with E-state index in [1.807, 2.05) is 0 Å². The minimum Gasteiger partial charge on any atom is -0.309 e. The van der Waals surface area contributed by atoms with Crippen LogP contribution < -0.4 is 9.80 Å². The Kier molecular flexibility index (Phi) is 9.20. The van der Waals surface area contributed by atoms with Crippen LogP contribution in [0.1, 0.15) is 0 Å². The molecule has 300 valence electrons. The molecule has 0 saturated carbocycles. The van der Waals surface area contributed by atoms with Crippen LogP contribution in [0.2, 0.25) is 0 Å². The van der Waals surface area contributed by atoms with Crippen molar-refractivity contribution in [3.8, 4) is 22.3 Å². The molecular formula is C62H42N2. The zero-order chi connectivity index (χ0) is 42.4. The molecule has 0 radical (unpaired) electrons. The molecule has 12 aromatic carbocycles. The number of hydrogen-bond acceptors (Lipinski definition) is 2. The van der Waals surface area contributed by atoms with Crippen molar-refractivity contribution in [2.24, 2.45) is 0 Å². The van der Waals surface area contributed by atoms with Gasteiger partial charge in [-0.3, -0.25) is 0 Å². The van der Waals surface area contributed by atoms with Gasteiger partial charge in [0, 0.05) is 33.3 Å². The first-order chi connectivity index (χ1) is 31.8. The Morgan fingerprint density at radius 3 is 0.906 bits per heavy atom. The van der Waals surface area contributed by atoms with Crippen LogP contribution in [-0.2, 0) is 0 Å². The molecule has 0 spiro atoms. The number of hydrogen-bond donors (Lipinski definition) is 0. The maximum atomic E-state index is 2.48. The molecule has 12 rings (SSSR count). The molecule has 0 aliphatic carbocycles. The van der Waals surface area contributed by atoms with E-state index in [0.29, 0.717) is 0 Å². The van der Waals surface area contributed by atoms with Gasteiger partial charge in [0.05, 0.1) is 22.7 Å². The summed E-state index contributed by atoms with van der Waals surface area (Å²) >= 11 is 0. The van der Waals surface area contributed by atoms with Crippen molar-refractivity contribution in [1.29, 1.82) is 0 Å². The van der Waals surface area contributed by atoms with Crippen molar-refractivity contribution in [2.75, 3.05) is 9.80 Å². The third kappa shape index (κ3) is 6.44. The fourth-order valence-corrected chi connectivity index (χ4v) is 9.80. The molecule has 0 saturated heterocycles. The molecule has 2 heteroatoms. The van der Waals surface area contributed by atoms with Crippen LogP contribution in [0.5, 0.6) is 0 Å². The first kappa shape index (κ1) is 37.3. The van der Waals surface area contributed by atoms with Gasteiger partial charge < -0.3 is 9.80 Å². The summed E-state index contributed by atoms with van der Waals surface area (Å²) in [4.78, 5) is 4.96. The van der Waals surface area contributed by atoms with Gasteiger partial charge >= 0.3 is 0 Å². The van der Waals surface area contributed by atoms with Crippen LogP contribution in [0.25, 0.3) is 76.1 Å². The van der Waals surface area contributed by atoms with Crippen molar-refractivity contribution in [3.05, 3.63) is 255 Å². The molecule has 0 bridgehead atoms. The molecule has 12 aromatic rings. The first-order valence-electron chi connectivity index (χ1n) is 22.0. The minimum atomic E-state index is 1.09. The maximum absolute atomic E-state index is 2.48. The normalized spacial score (nSPS) is 11.4. The molecule has 0 heterocycles. The van der Waals surface area contributed by atoms with Crippen LogP contribution >= 0.6 is 0 Å². The summed E-state index contributed by atoms with van der Waals surface area (Å²) in [5.74, 6) is 0. The molecule has 0 N–H and O–H groups in total. The monoisotopic (exact) mass is 814 g/mol. The Bertz CT molecular complexity index is 3420. The molecule has 0 fully saturated rings. The molecule has 0 atom stereocenters. The van der Waals surface area contributed by atoms with Crippen LogP contribution in [0.4, 0.5) is 34.1 Å². The smallest absolute Gasteiger partial charge is 0.0546 e. The lowest BCUT2D eigenvalue weighted by molar-refractivity contribution is 1.30. The van der Waals surface area contributed by atoms with Gasteiger partial charge in [0.2, 0.25) is 0 Å². The van der Waals surface area contributed by atoms with Crippen LogP contribution in [-0.4, -0.2) is 0 Å². The van der Waals surface area contributed by atoms with Gasteiger partial charge in [-0.25, -0.2) is 0 Å². The molecule has 2 nitrogen and oxygen atoms in total. The number of nitrogens with zero attached hydrogens (tertiary/aromatic N) is 2. The number of para-hydroxylation sites is 2. The van der Waals surface area contributed by atoms with E-state index in [1.165, 1.54) is 43.1 Å². The molecule has 0 aromatic heterocycles. The van der Waals surface area contributed by atoms with Gasteiger partial charge in [0.15, 0.2) is 0 Å².